The highest BCUT2D eigenvalue weighted by atomic mass is 35.5. The largest absolute Gasteiger partial charge is 0.464 e. The number of hydrogen-bond acceptors (Lipinski definition) is 3. The van der Waals surface area contributed by atoms with E-state index >= 15 is 0 Å². The van der Waals surface area contributed by atoms with Gasteiger partial charge in [0.2, 0.25) is 0 Å². The number of anilines is 1. The van der Waals surface area contributed by atoms with Gasteiger partial charge in [0.05, 0.1) is 6.61 Å². The molecule has 0 radical (unpaired) electrons. The number of halogens is 1. The minimum atomic E-state index is -0.292. The molecule has 0 saturated heterocycles. The van der Waals surface area contributed by atoms with E-state index in [1.54, 1.807) is 0 Å². The van der Waals surface area contributed by atoms with E-state index in [-0.39, 0.29) is 23.8 Å². The Morgan fingerprint density at radius 2 is 2.30 bits per heavy atom. The second-order valence-corrected chi connectivity index (χ2v) is 5.77. The van der Waals surface area contributed by atoms with E-state index in [1.165, 1.54) is 5.56 Å². The Morgan fingerprint density at radius 3 is 3.05 bits per heavy atom. The molecule has 1 aliphatic carbocycles. The zero-order valence-electron chi connectivity index (χ0n) is 11.7. The third-order valence-electron chi connectivity index (χ3n) is 4.27. The van der Waals surface area contributed by atoms with Crippen LogP contribution in [0.3, 0.4) is 0 Å². The summed E-state index contributed by atoms with van der Waals surface area (Å²) in [6.45, 7) is 4.22. The van der Waals surface area contributed by atoms with Crippen LogP contribution < -0.4 is 5.32 Å². The first-order valence-corrected chi connectivity index (χ1v) is 7.40. The molecule has 1 heterocycles. The van der Waals surface area contributed by atoms with E-state index in [0.717, 1.165) is 22.7 Å². The molecule has 0 bridgehead atoms. The van der Waals surface area contributed by atoms with E-state index in [2.05, 4.69) is 23.5 Å². The second-order valence-electron chi connectivity index (χ2n) is 5.36. The average Bonchev–Trinajstić information content (AvgIpc) is 2.91. The van der Waals surface area contributed by atoms with Crippen LogP contribution in [0.5, 0.6) is 0 Å². The number of ether oxygens (including phenoxy) is 1. The number of fused-ring (bicyclic) bond motifs is 3. The van der Waals surface area contributed by atoms with Crippen LogP contribution in [0.4, 0.5) is 5.69 Å². The predicted octanol–water partition coefficient (Wildman–Crippen LogP) is 3.67. The molecule has 0 aromatic heterocycles. The van der Waals surface area contributed by atoms with Crippen molar-refractivity contribution in [1.82, 2.24) is 0 Å². The first-order chi connectivity index (χ1) is 9.63. The van der Waals surface area contributed by atoms with Crippen molar-refractivity contribution in [3.8, 4) is 0 Å². The van der Waals surface area contributed by atoms with Crippen LogP contribution in [-0.2, 0) is 9.53 Å². The molecule has 4 heteroatoms. The first kappa shape index (κ1) is 13.5. The molecule has 1 aromatic rings. The van der Waals surface area contributed by atoms with E-state index in [9.17, 15) is 4.79 Å². The van der Waals surface area contributed by atoms with Gasteiger partial charge in [-0.05, 0) is 37.5 Å². The quantitative estimate of drug-likeness (QED) is 0.667. The third-order valence-corrected chi connectivity index (χ3v) is 4.68. The van der Waals surface area contributed by atoms with Gasteiger partial charge in [-0.3, -0.25) is 0 Å². The Kier molecular flexibility index (Phi) is 3.47. The van der Waals surface area contributed by atoms with Gasteiger partial charge in [0.1, 0.15) is 6.04 Å². The number of carbonyl (C=O) groups excluding carboxylic acids is 1. The number of esters is 1. The summed E-state index contributed by atoms with van der Waals surface area (Å²) in [5.74, 6) is 0.343. The molecule has 0 saturated carbocycles. The maximum Gasteiger partial charge on any atom is 0.328 e. The zero-order chi connectivity index (χ0) is 14.3. The number of benzene rings is 1. The Balaban J connectivity index is 2.03. The van der Waals surface area contributed by atoms with Crippen molar-refractivity contribution in [3.63, 3.8) is 0 Å². The lowest BCUT2D eigenvalue weighted by Gasteiger charge is -2.36. The van der Waals surface area contributed by atoms with Crippen LogP contribution in [0.25, 0.3) is 0 Å². The first-order valence-electron chi connectivity index (χ1n) is 7.02. The monoisotopic (exact) mass is 291 g/mol. The fourth-order valence-electron chi connectivity index (χ4n) is 3.25. The zero-order valence-corrected chi connectivity index (χ0v) is 12.4. The lowest BCUT2D eigenvalue weighted by atomic mass is 9.78. The Bertz CT molecular complexity index is 582. The number of hydrogen-bond donors (Lipinski definition) is 1. The highest BCUT2D eigenvalue weighted by molar-refractivity contribution is 6.31. The van der Waals surface area contributed by atoms with Crippen molar-refractivity contribution in [2.24, 2.45) is 5.92 Å². The van der Waals surface area contributed by atoms with Crippen molar-refractivity contribution in [3.05, 3.63) is 40.4 Å². The Morgan fingerprint density at radius 1 is 1.50 bits per heavy atom. The number of nitrogens with one attached hydrogen (secondary N) is 1. The third kappa shape index (κ3) is 2.01. The molecule has 1 N–H and O–H groups in total. The van der Waals surface area contributed by atoms with Gasteiger partial charge in [-0.25, -0.2) is 4.79 Å². The molecule has 0 unspecified atom stereocenters. The van der Waals surface area contributed by atoms with Gasteiger partial charge in [0, 0.05) is 22.5 Å². The minimum Gasteiger partial charge on any atom is -0.464 e. The van der Waals surface area contributed by atoms with Crippen LogP contribution in [0.1, 0.15) is 30.4 Å². The minimum absolute atomic E-state index is 0.170. The summed E-state index contributed by atoms with van der Waals surface area (Å²) in [7, 11) is 0. The summed E-state index contributed by atoms with van der Waals surface area (Å²) in [6, 6.07) is 3.71. The molecule has 3 atom stereocenters. The molecule has 1 aliphatic heterocycles. The fraction of sp³-hybridized carbons (Fsp3) is 0.438. The maximum absolute atomic E-state index is 12.2. The van der Waals surface area contributed by atoms with Crippen LogP contribution >= 0.6 is 11.6 Å². The smallest absolute Gasteiger partial charge is 0.328 e. The Labute approximate surface area is 124 Å². The highest BCUT2D eigenvalue weighted by Crippen LogP contribution is 2.46. The van der Waals surface area contributed by atoms with Crippen molar-refractivity contribution < 1.29 is 9.53 Å². The van der Waals surface area contributed by atoms with Gasteiger partial charge >= 0.3 is 5.97 Å². The standard InChI is InChI=1S/C16H18ClNO2/c1-3-20-16(19)15-11-6-4-5-10(11)12-7-8-13(17)9(2)14(12)18-15/h4-5,7-8,10-11,15,18H,3,6H2,1-2H3/t10-,11-,15-/m1/s1. The molecule has 3 rings (SSSR count). The number of rotatable bonds is 2. The molecule has 1 aromatic carbocycles. The molecular formula is C16H18ClNO2. The van der Waals surface area contributed by atoms with Gasteiger partial charge in [-0.15, -0.1) is 0 Å². The summed E-state index contributed by atoms with van der Waals surface area (Å²) in [4.78, 5) is 12.2. The molecule has 0 amide bonds. The molecule has 20 heavy (non-hydrogen) atoms. The van der Waals surface area contributed by atoms with Crippen LogP contribution in [0, 0.1) is 12.8 Å². The van der Waals surface area contributed by atoms with Crippen LogP contribution in [0.2, 0.25) is 5.02 Å². The SMILES string of the molecule is CCOC(=O)[C@@H]1Nc2c(ccc(Cl)c2C)[C@@H]2C=CC[C@@H]12. The predicted molar refractivity (Wildman–Crippen MR) is 80.2 cm³/mol. The van der Waals surface area contributed by atoms with Crippen molar-refractivity contribution in [2.75, 3.05) is 11.9 Å². The van der Waals surface area contributed by atoms with Crippen molar-refractivity contribution in [2.45, 2.75) is 32.2 Å². The summed E-state index contributed by atoms with van der Waals surface area (Å²) in [6.07, 6.45) is 5.26. The molecule has 3 nitrogen and oxygen atoms in total. The van der Waals surface area contributed by atoms with Gasteiger partial charge in [0.15, 0.2) is 0 Å². The second kappa shape index (κ2) is 5.13. The van der Waals surface area contributed by atoms with Crippen LogP contribution in [-0.4, -0.2) is 18.6 Å². The van der Waals surface area contributed by atoms with Crippen molar-refractivity contribution in [1.29, 1.82) is 0 Å². The molecular weight excluding hydrogens is 274 g/mol. The van der Waals surface area contributed by atoms with E-state index in [1.807, 2.05) is 19.9 Å². The lowest BCUT2D eigenvalue weighted by molar-refractivity contribution is -0.145. The highest BCUT2D eigenvalue weighted by Gasteiger charge is 2.42. The van der Waals surface area contributed by atoms with Gasteiger partial charge < -0.3 is 10.1 Å². The lowest BCUT2D eigenvalue weighted by Crippen LogP contribution is -2.43. The average molecular weight is 292 g/mol. The van der Waals surface area contributed by atoms with Crippen molar-refractivity contribution >= 4 is 23.3 Å². The maximum atomic E-state index is 12.2. The fourth-order valence-corrected chi connectivity index (χ4v) is 3.41. The molecule has 0 fully saturated rings. The number of allylic oxidation sites excluding steroid dienone is 2. The summed E-state index contributed by atoms with van der Waals surface area (Å²) < 4.78 is 5.21. The summed E-state index contributed by atoms with van der Waals surface area (Å²) in [5.41, 5.74) is 3.21. The van der Waals surface area contributed by atoms with Gasteiger partial charge in [-0.2, -0.15) is 0 Å². The number of carbonyl (C=O) groups is 1. The van der Waals surface area contributed by atoms with E-state index in [4.69, 9.17) is 16.3 Å². The van der Waals surface area contributed by atoms with Gasteiger partial charge in [0.25, 0.3) is 0 Å². The summed E-state index contributed by atoms with van der Waals surface area (Å²) >= 11 is 6.20. The summed E-state index contributed by atoms with van der Waals surface area (Å²) in [5, 5.41) is 4.08. The van der Waals surface area contributed by atoms with Crippen LogP contribution in [0.15, 0.2) is 24.3 Å². The van der Waals surface area contributed by atoms with E-state index in [0.29, 0.717) is 6.61 Å². The molecule has 106 valence electrons. The molecule has 0 spiro atoms. The van der Waals surface area contributed by atoms with Gasteiger partial charge in [-0.1, -0.05) is 29.8 Å². The topological polar surface area (TPSA) is 38.3 Å². The molecule has 2 aliphatic rings. The Hall–Kier alpha value is -1.48. The normalized spacial score (nSPS) is 26.6. The van der Waals surface area contributed by atoms with E-state index < -0.39 is 0 Å².